The summed E-state index contributed by atoms with van der Waals surface area (Å²) in [6.45, 7) is 10.1. The van der Waals surface area contributed by atoms with Crippen LogP contribution < -0.4 is 10.4 Å². The number of carbonyl (C=O) groups is 2. The van der Waals surface area contributed by atoms with Crippen LogP contribution >= 0.6 is 0 Å². The molecule has 2 fully saturated rings. The van der Waals surface area contributed by atoms with Gasteiger partial charge in [0.2, 0.25) is 11.8 Å². The molecule has 5 aromatic rings. The number of imide groups is 1. The van der Waals surface area contributed by atoms with E-state index in [1.54, 1.807) is 6.07 Å². The maximum Gasteiger partial charge on any atom is 0.261 e. The molecule has 57 heavy (non-hydrogen) atoms. The van der Waals surface area contributed by atoms with Crippen molar-refractivity contribution in [2.75, 3.05) is 19.8 Å². The molecule has 1 N–H and O–H groups in total. The van der Waals surface area contributed by atoms with Gasteiger partial charge in [-0.1, -0.05) is 155 Å². The summed E-state index contributed by atoms with van der Waals surface area (Å²) in [5.41, 5.74) is 5.61. The summed E-state index contributed by atoms with van der Waals surface area (Å²) >= 11 is 0. The van der Waals surface area contributed by atoms with Crippen LogP contribution in [0.25, 0.3) is 22.4 Å². The zero-order valence-corrected chi connectivity index (χ0v) is 34.5. The highest BCUT2D eigenvalue weighted by atomic mass is 28.4. The lowest BCUT2D eigenvalue weighted by atomic mass is 9.69. The first kappa shape index (κ1) is 38.8. The van der Waals surface area contributed by atoms with Gasteiger partial charge in [-0.3, -0.25) is 14.5 Å². The molecule has 4 atom stereocenters. The van der Waals surface area contributed by atoms with Gasteiger partial charge in [0.1, 0.15) is 5.75 Å². The average molecular weight is 776 g/mol. The van der Waals surface area contributed by atoms with Crippen LogP contribution in [0.15, 0.2) is 139 Å². The van der Waals surface area contributed by atoms with Gasteiger partial charge in [0.25, 0.3) is 8.32 Å². The molecule has 5 aromatic carbocycles. The third-order valence-electron chi connectivity index (χ3n) is 12.5. The van der Waals surface area contributed by atoms with Crippen molar-refractivity contribution in [1.82, 2.24) is 4.90 Å². The second kappa shape index (κ2) is 16.0. The van der Waals surface area contributed by atoms with E-state index in [1.807, 2.05) is 37.3 Å². The molecule has 0 unspecified atom stereocenters. The van der Waals surface area contributed by atoms with Crippen molar-refractivity contribution < 1.29 is 23.9 Å². The molecule has 292 valence electrons. The highest BCUT2D eigenvalue weighted by Crippen LogP contribution is 2.51. The molecule has 0 spiro atoms. The second-order valence-electron chi connectivity index (χ2n) is 16.9. The number of carbonyl (C=O) groups excluding carboxylic acids is 2. The van der Waals surface area contributed by atoms with Gasteiger partial charge in [-0.15, -0.1) is 0 Å². The summed E-state index contributed by atoms with van der Waals surface area (Å²) < 4.78 is 14.3. The number of phenolic OH excluding ortho intramolecular Hbond substituents is 1. The van der Waals surface area contributed by atoms with E-state index in [0.717, 1.165) is 45.9 Å². The van der Waals surface area contributed by atoms with E-state index in [-0.39, 0.29) is 34.6 Å². The number of likely N-dealkylation sites (tertiary alicyclic amines) is 1. The number of phenols is 1. The lowest BCUT2D eigenvalue weighted by Crippen LogP contribution is -2.66. The first-order chi connectivity index (χ1) is 27.6. The molecule has 8 rings (SSSR count). The van der Waals surface area contributed by atoms with Crippen molar-refractivity contribution in [1.29, 1.82) is 0 Å². The molecule has 0 saturated carbocycles. The second-order valence-corrected chi connectivity index (χ2v) is 21.2. The Morgan fingerprint density at radius 1 is 0.807 bits per heavy atom. The number of aromatic hydroxyl groups is 1. The Morgan fingerprint density at radius 2 is 1.42 bits per heavy atom. The van der Waals surface area contributed by atoms with Gasteiger partial charge in [-0.2, -0.15) is 0 Å². The molecule has 0 radical (unpaired) electrons. The largest absolute Gasteiger partial charge is 0.507 e. The monoisotopic (exact) mass is 775 g/mol. The van der Waals surface area contributed by atoms with Gasteiger partial charge >= 0.3 is 0 Å². The van der Waals surface area contributed by atoms with Crippen LogP contribution in [0.5, 0.6) is 5.75 Å². The van der Waals surface area contributed by atoms with Crippen molar-refractivity contribution >= 4 is 52.9 Å². The molecule has 2 heterocycles. The van der Waals surface area contributed by atoms with Gasteiger partial charge < -0.3 is 14.3 Å². The average Bonchev–Trinajstić information content (AvgIpc) is 3.76. The minimum Gasteiger partial charge on any atom is -0.507 e. The lowest BCUT2D eigenvalue weighted by Gasteiger charge is -2.44. The van der Waals surface area contributed by atoms with Crippen LogP contribution in [0.1, 0.15) is 64.5 Å². The van der Waals surface area contributed by atoms with Crippen LogP contribution in [0.2, 0.25) is 5.04 Å². The minimum atomic E-state index is -2.90. The number of ether oxygens (including phenoxy) is 1. The number of hydrogen-bond donors (Lipinski definition) is 1. The molecule has 2 saturated heterocycles. The molecule has 1 aliphatic carbocycles. The molecule has 2 aliphatic heterocycles. The van der Waals surface area contributed by atoms with E-state index in [2.05, 4.69) is 118 Å². The fourth-order valence-electron chi connectivity index (χ4n) is 9.93. The van der Waals surface area contributed by atoms with E-state index < -0.39 is 20.2 Å². The van der Waals surface area contributed by atoms with Gasteiger partial charge in [0, 0.05) is 17.8 Å². The van der Waals surface area contributed by atoms with Gasteiger partial charge in [0.15, 0.2) is 0 Å². The summed E-state index contributed by atoms with van der Waals surface area (Å²) in [5.74, 6) is -0.812. The first-order valence-electron chi connectivity index (χ1n) is 20.5. The third kappa shape index (κ3) is 7.11. The predicted molar refractivity (Wildman–Crippen MR) is 232 cm³/mol. The van der Waals surface area contributed by atoms with Crippen molar-refractivity contribution in [2.24, 2.45) is 17.8 Å². The van der Waals surface area contributed by atoms with Crippen LogP contribution in [-0.2, 0) is 18.8 Å². The Hall–Kier alpha value is -5.08. The maximum atomic E-state index is 14.1. The molecule has 0 bridgehead atoms. The Morgan fingerprint density at radius 3 is 2.05 bits per heavy atom. The molecule has 3 aliphatic rings. The molecular weight excluding hydrogens is 723 g/mol. The van der Waals surface area contributed by atoms with Gasteiger partial charge in [-0.05, 0) is 80.4 Å². The zero-order chi connectivity index (χ0) is 39.7. The highest BCUT2D eigenvalue weighted by Gasteiger charge is 2.57. The number of nitrogens with zero attached hydrogens (tertiary/aromatic N) is 1. The van der Waals surface area contributed by atoms with Crippen LogP contribution in [0.4, 0.5) is 0 Å². The fourth-order valence-corrected chi connectivity index (χ4v) is 14.5. The summed E-state index contributed by atoms with van der Waals surface area (Å²) in [4.78, 5) is 29.6. The van der Waals surface area contributed by atoms with Crippen molar-refractivity contribution in [3.63, 3.8) is 0 Å². The minimum absolute atomic E-state index is 0.0466. The number of amides is 2. The van der Waals surface area contributed by atoms with E-state index in [4.69, 9.17) is 9.16 Å². The molecule has 0 aromatic heterocycles. The first-order valence-corrected chi connectivity index (χ1v) is 22.4. The SMILES string of the molecule is CCCN1C(=O)[C@@H]2[C@@H](CC(CO[Si](c3ccccc3)(c3ccccc3)C(C)(C)C)=C3[C@@H](CC/C(=C/c4ccc(O)c5ccccc45)c4ccccc4)OC[C@@H]32)C1=O. The Bertz CT molecular complexity index is 2270. The molecule has 7 heteroatoms. The molecular formula is C50H53NO5Si. The summed E-state index contributed by atoms with van der Waals surface area (Å²) in [5, 5.41) is 14.7. The quantitative estimate of drug-likeness (QED) is 0.0593. The standard InChI is InChI=1S/C50H53NO5Si/c1-5-29-51-48(53)42-31-37(32-56-57(50(2,3)4,38-19-11-7-12-20-38)39-21-13-8-14-22-39)46-43(47(42)49(51)54)33-55-45(46)28-26-35(34-17-9-6-10-18-34)30-36-25-27-44(52)41-24-16-15-23-40(36)41/h6-25,27,30,42-43,45,47,52H,5,26,28-29,31-33H2,1-4H3/b35-30-/t42-,43+,45-,47-/m1/s1. The molecule has 6 nitrogen and oxygen atoms in total. The smallest absolute Gasteiger partial charge is 0.261 e. The van der Waals surface area contributed by atoms with Crippen LogP contribution in [0.3, 0.4) is 0 Å². The van der Waals surface area contributed by atoms with E-state index in [9.17, 15) is 14.7 Å². The number of benzene rings is 5. The van der Waals surface area contributed by atoms with Crippen molar-refractivity contribution in [3.05, 3.63) is 150 Å². The maximum absolute atomic E-state index is 14.1. The van der Waals surface area contributed by atoms with Crippen LogP contribution in [-0.4, -0.2) is 56.0 Å². The van der Waals surface area contributed by atoms with Crippen molar-refractivity contribution in [2.45, 2.75) is 64.5 Å². The third-order valence-corrected chi connectivity index (χ3v) is 17.5. The number of rotatable bonds is 12. The lowest BCUT2D eigenvalue weighted by molar-refractivity contribution is -0.140. The zero-order valence-electron chi connectivity index (χ0n) is 33.5. The van der Waals surface area contributed by atoms with Gasteiger partial charge in [0.05, 0.1) is 31.2 Å². The Kier molecular flexibility index (Phi) is 10.9. The topological polar surface area (TPSA) is 76.1 Å². The number of allylic oxidation sites excluding steroid dienone is 1. The summed E-state index contributed by atoms with van der Waals surface area (Å²) in [6, 6.07) is 43.5. The summed E-state index contributed by atoms with van der Waals surface area (Å²) in [6.07, 6.45) is 4.69. The Balaban J connectivity index is 1.19. The number of fused-ring (bicyclic) bond motifs is 4. The fraction of sp³-hybridized carbons (Fsp3) is 0.320. The van der Waals surface area contributed by atoms with Crippen LogP contribution in [0, 0.1) is 17.8 Å². The summed E-state index contributed by atoms with van der Waals surface area (Å²) in [7, 11) is -2.90. The normalized spacial score (nSPS) is 21.3. The molecule has 2 amide bonds. The van der Waals surface area contributed by atoms with E-state index in [0.29, 0.717) is 32.6 Å². The van der Waals surface area contributed by atoms with Crippen molar-refractivity contribution in [3.8, 4) is 5.75 Å². The van der Waals surface area contributed by atoms with E-state index in [1.165, 1.54) is 20.8 Å². The number of hydrogen-bond acceptors (Lipinski definition) is 5. The van der Waals surface area contributed by atoms with E-state index >= 15 is 0 Å². The Labute approximate surface area is 338 Å². The predicted octanol–water partition coefficient (Wildman–Crippen LogP) is 9.17. The van der Waals surface area contributed by atoms with Gasteiger partial charge in [-0.25, -0.2) is 0 Å². The highest BCUT2D eigenvalue weighted by molar-refractivity contribution is 6.99.